The lowest BCUT2D eigenvalue weighted by molar-refractivity contribution is 0.370. The van der Waals surface area contributed by atoms with Gasteiger partial charge in [0.1, 0.15) is 0 Å². The molecule has 0 aliphatic rings. The number of hydrogen-bond donors (Lipinski definition) is 1. The zero-order valence-electron chi connectivity index (χ0n) is 8.51. The molecule has 1 unspecified atom stereocenters. The van der Waals surface area contributed by atoms with Crippen molar-refractivity contribution in [1.29, 1.82) is 0 Å². The first-order chi connectivity index (χ1) is 7.15. The second-order valence-electron chi connectivity index (χ2n) is 3.30. The van der Waals surface area contributed by atoms with Crippen molar-refractivity contribution in [2.24, 2.45) is 5.73 Å². The molecule has 2 rings (SSSR count). The van der Waals surface area contributed by atoms with E-state index in [4.69, 9.17) is 14.7 Å². The summed E-state index contributed by atoms with van der Waals surface area (Å²) in [4.78, 5) is 4.16. The molecule has 0 bridgehead atoms. The molecule has 88 valence electrons. The molecule has 16 heavy (non-hydrogen) atoms. The average molecular weight is 309 g/mol. The normalized spacial score (nSPS) is 12.2. The van der Waals surface area contributed by atoms with E-state index in [0.29, 0.717) is 28.6 Å². The topological polar surface area (TPSA) is 78.1 Å². The summed E-state index contributed by atoms with van der Waals surface area (Å²) >= 11 is 3.20. The van der Waals surface area contributed by atoms with Crippen molar-refractivity contribution in [3.63, 3.8) is 0 Å². The minimum atomic E-state index is 0. The van der Waals surface area contributed by atoms with Crippen LogP contribution in [0.15, 0.2) is 25.7 Å². The second-order valence-corrected chi connectivity index (χ2v) is 4.08. The van der Waals surface area contributed by atoms with E-state index in [-0.39, 0.29) is 18.4 Å². The van der Waals surface area contributed by atoms with Crippen LogP contribution in [-0.4, -0.2) is 16.2 Å². The summed E-state index contributed by atoms with van der Waals surface area (Å²) < 4.78 is 10.9. The number of halogens is 2. The summed E-state index contributed by atoms with van der Waals surface area (Å²) in [5.41, 5.74) is 5.62. The first-order valence-electron chi connectivity index (χ1n) is 4.49. The smallest absolute Gasteiger partial charge is 0.238 e. The van der Waals surface area contributed by atoms with E-state index in [2.05, 4.69) is 26.1 Å². The number of furan rings is 1. The molecule has 0 aliphatic carbocycles. The van der Waals surface area contributed by atoms with E-state index in [0.717, 1.165) is 0 Å². The van der Waals surface area contributed by atoms with Crippen LogP contribution < -0.4 is 5.73 Å². The number of nitrogens with zero attached hydrogens (tertiary/aromatic N) is 2. The van der Waals surface area contributed by atoms with Gasteiger partial charge in [0.25, 0.3) is 0 Å². The maximum absolute atomic E-state index is 5.62. The quantitative estimate of drug-likeness (QED) is 0.942. The van der Waals surface area contributed by atoms with Crippen molar-refractivity contribution < 1.29 is 8.94 Å². The SMILES string of the molecule is CC(N)Cc1nc(-c2ccc(Br)o2)no1.Cl. The van der Waals surface area contributed by atoms with Gasteiger partial charge in [0.2, 0.25) is 11.7 Å². The zero-order valence-corrected chi connectivity index (χ0v) is 10.9. The minimum Gasteiger partial charge on any atom is -0.446 e. The summed E-state index contributed by atoms with van der Waals surface area (Å²) in [5.74, 6) is 1.53. The standard InChI is InChI=1S/C9H10BrN3O2.ClH/c1-5(11)4-8-12-9(13-15-8)6-2-3-7(10)14-6;/h2-3,5H,4,11H2,1H3;1H. The lowest BCUT2D eigenvalue weighted by Gasteiger charge is -1.96. The van der Waals surface area contributed by atoms with Gasteiger partial charge in [0.15, 0.2) is 10.4 Å². The summed E-state index contributed by atoms with van der Waals surface area (Å²) in [6.45, 7) is 1.88. The van der Waals surface area contributed by atoms with Gasteiger partial charge in [-0.3, -0.25) is 0 Å². The molecule has 0 spiro atoms. The molecule has 0 aromatic carbocycles. The summed E-state index contributed by atoms with van der Waals surface area (Å²) in [6.07, 6.45) is 0.564. The minimum absolute atomic E-state index is 0. The highest BCUT2D eigenvalue weighted by Crippen LogP contribution is 2.22. The van der Waals surface area contributed by atoms with Crippen molar-refractivity contribution in [3.05, 3.63) is 22.7 Å². The molecule has 5 nitrogen and oxygen atoms in total. The van der Waals surface area contributed by atoms with E-state index in [1.807, 2.05) is 6.92 Å². The largest absolute Gasteiger partial charge is 0.446 e. The molecular formula is C9H11BrClN3O2. The zero-order chi connectivity index (χ0) is 10.8. The Labute approximate surface area is 107 Å². The van der Waals surface area contributed by atoms with Crippen LogP contribution in [0.2, 0.25) is 0 Å². The van der Waals surface area contributed by atoms with E-state index < -0.39 is 0 Å². The van der Waals surface area contributed by atoms with Gasteiger partial charge < -0.3 is 14.7 Å². The Kier molecular flexibility index (Phi) is 4.52. The van der Waals surface area contributed by atoms with Crippen LogP contribution in [0.4, 0.5) is 0 Å². The van der Waals surface area contributed by atoms with Crippen LogP contribution >= 0.6 is 28.3 Å². The third-order valence-electron chi connectivity index (χ3n) is 1.76. The van der Waals surface area contributed by atoms with Gasteiger partial charge in [0.05, 0.1) is 0 Å². The van der Waals surface area contributed by atoms with Crippen LogP contribution in [0.5, 0.6) is 0 Å². The fourth-order valence-corrected chi connectivity index (χ4v) is 1.45. The molecule has 7 heteroatoms. The Morgan fingerprint density at radius 3 is 2.81 bits per heavy atom. The molecule has 0 amide bonds. The highest BCUT2D eigenvalue weighted by atomic mass is 79.9. The van der Waals surface area contributed by atoms with Crippen LogP contribution in [0, 0.1) is 0 Å². The van der Waals surface area contributed by atoms with Gasteiger partial charge in [-0.05, 0) is 35.0 Å². The molecule has 2 aromatic heterocycles. The van der Waals surface area contributed by atoms with Crippen molar-refractivity contribution >= 4 is 28.3 Å². The monoisotopic (exact) mass is 307 g/mol. The van der Waals surface area contributed by atoms with Crippen LogP contribution in [-0.2, 0) is 6.42 Å². The average Bonchev–Trinajstić information content (AvgIpc) is 2.72. The second kappa shape index (κ2) is 5.47. The van der Waals surface area contributed by atoms with Gasteiger partial charge in [-0.25, -0.2) is 0 Å². The van der Waals surface area contributed by atoms with E-state index in [1.165, 1.54) is 0 Å². The Hall–Kier alpha value is -0.850. The number of hydrogen-bond acceptors (Lipinski definition) is 5. The third kappa shape index (κ3) is 3.07. The summed E-state index contributed by atoms with van der Waals surface area (Å²) in [5, 5.41) is 3.80. The molecule has 1 atom stereocenters. The Morgan fingerprint density at radius 2 is 2.25 bits per heavy atom. The molecule has 2 N–H and O–H groups in total. The fourth-order valence-electron chi connectivity index (χ4n) is 1.15. The number of aromatic nitrogens is 2. The molecule has 2 aromatic rings. The summed E-state index contributed by atoms with van der Waals surface area (Å²) in [6, 6.07) is 3.54. The highest BCUT2D eigenvalue weighted by molar-refractivity contribution is 9.10. The van der Waals surface area contributed by atoms with Crippen molar-refractivity contribution in [2.45, 2.75) is 19.4 Å². The first-order valence-corrected chi connectivity index (χ1v) is 5.28. The van der Waals surface area contributed by atoms with Crippen LogP contribution in [0.1, 0.15) is 12.8 Å². The molecular weight excluding hydrogens is 297 g/mol. The molecule has 0 saturated carbocycles. The van der Waals surface area contributed by atoms with Crippen LogP contribution in [0.25, 0.3) is 11.6 Å². The van der Waals surface area contributed by atoms with Crippen molar-refractivity contribution in [1.82, 2.24) is 10.1 Å². The van der Waals surface area contributed by atoms with Gasteiger partial charge in [-0.2, -0.15) is 4.98 Å². The highest BCUT2D eigenvalue weighted by Gasteiger charge is 2.12. The maximum Gasteiger partial charge on any atom is 0.238 e. The van der Waals surface area contributed by atoms with E-state index in [1.54, 1.807) is 12.1 Å². The predicted octanol–water partition coefficient (Wildman–Crippen LogP) is 2.40. The van der Waals surface area contributed by atoms with E-state index in [9.17, 15) is 0 Å². The van der Waals surface area contributed by atoms with Crippen molar-refractivity contribution in [2.75, 3.05) is 0 Å². The molecule has 0 aliphatic heterocycles. The third-order valence-corrected chi connectivity index (χ3v) is 2.18. The Balaban J connectivity index is 0.00000128. The van der Waals surface area contributed by atoms with E-state index >= 15 is 0 Å². The Morgan fingerprint density at radius 1 is 1.50 bits per heavy atom. The first kappa shape index (κ1) is 13.2. The summed E-state index contributed by atoms with van der Waals surface area (Å²) in [7, 11) is 0. The molecule has 2 heterocycles. The van der Waals surface area contributed by atoms with Crippen LogP contribution in [0.3, 0.4) is 0 Å². The van der Waals surface area contributed by atoms with Gasteiger partial charge >= 0.3 is 0 Å². The Bertz CT molecular complexity index is 455. The van der Waals surface area contributed by atoms with Crippen molar-refractivity contribution in [3.8, 4) is 11.6 Å². The van der Waals surface area contributed by atoms with Gasteiger partial charge in [0, 0.05) is 12.5 Å². The lowest BCUT2D eigenvalue weighted by atomic mass is 10.2. The van der Waals surface area contributed by atoms with Gasteiger partial charge in [-0.1, -0.05) is 5.16 Å². The molecule has 0 saturated heterocycles. The maximum atomic E-state index is 5.62. The number of rotatable bonds is 3. The molecule has 0 fully saturated rings. The fraction of sp³-hybridized carbons (Fsp3) is 0.333. The van der Waals surface area contributed by atoms with Gasteiger partial charge in [-0.15, -0.1) is 12.4 Å². The predicted molar refractivity (Wildman–Crippen MR) is 64.3 cm³/mol. The number of nitrogens with two attached hydrogens (primary N) is 1. The molecule has 0 radical (unpaired) electrons. The lowest BCUT2D eigenvalue weighted by Crippen LogP contribution is -2.17.